The van der Waals surface area contributed by atoms with E-state index in [0.717, 1.165) is 0 Å². The van der Waals surface area contributed by atoms with Crippen molar-refractivity contribution < 1.29 is 18.7 Å². The molecule has 1 aliphatic carbocycles. The van der Waals surface area contributed by atoms with Crippen LogP contribution in [0.5, 0.6) is 0 Å². The molecule has 1 aliphatic rings. The van der Waals surface area contributed by atoms with E-state index in [-0.39, 0.29) is 41.5 Å². The average Bonchev–Trinajstić information content (AvgIpc) is 2.51. The molecule has 1 aromatic heterocycles. The third-order valence-electron chi connectivity index (χ3n) is 4.36. The number of aliphatic hydroxyl groups is 1. The standard InChI is InChI=1S/C17H16Cl2F2N2O2/c18-11-3-4-12-10(2-5-13(19)23-12)14(11)15(24)22-9-16(25)6-1-7-17(20,21)8-16/h2-5,25H,1,6-9H2,(H,22,24). The predicted octanol–water partition coefficient (Wildman–Crippen LogP) is 4.21. The summed E-state index contributed by atoms with van der Waals surface area (Å²) in [7, 11) is 0. The van der Waals surface area contributed by atoms with Crippen molar-refractivity contribution >= 4 is 40.0 Å². The van der Waals surface area contributed by atoms with Gasteiger partial charge in [-0.15, -0.1) is 0 Å². The van der Waals surface area contributed by atoms with Crippen LogP contribution in [0.25, 0.3) is 10.9 Å². The molecule has 25 heavy (non-hydrogen) atoms. The largest absolute Gasteiger partial charge is 0.388 e. The van der Waals surface area contributed by atoms with Crippen molar-refractivity contribution in [3.63, 3.8) is 0 Å². The van der Waals surface area contributed by atoms with E-state index in [1.165, 1.54) is 12.1 Å². The molecule has 1 saturated carbocycles. The Labute approximate surface area is 153 Å². The molecule has 1 fully saturated rings. The Hall–Kier alpha value is -1.50. The minimum absolute atomic E-state index is 0.175. The molecule has 4 nitrogen and oxygen atoms in total. The Kier molecular flexibility index (Phi) is 4.88. The van der Waals surface area contributed by atoms with E-state index >= 15 is 0 Å². The first-order chi connectivity index (χ1) is 11.7. The minimum Gasteiger partial charge on any atom is -0.388 e. The molecule has 134 valence electrons. The van der Waals surface area contributed by atoms with Gasteiger partial charge in [-0.3, -0.25) is 4.79 Å². The second kappa shape index (κ2) is 6.67. The summed E-state index contributed by atoms with van der Waals surface area (Å²) in [5.74, 6) is -3.47. The number of pyridine rings is 1. The number of carbonyl (C=O) groups excluding carboxylic acids is 1. The van der Waals surface area contributed by atoms with Crippen LogP contribution in [-0.2, 0) is 0 Å². The molecule has 1 amide bonds. The molecule has 1 atom stereocenters. The van der Waals surface area contributed by atoms with Crippen molar-refractivity contribution in [3.05, 3.63) is 40.0 Å². The summed E-state index contributed by atoms with van der Waals surface area (Å²) in [5, 5.41) is 13.9. The molecule has 2 N–H and O–H groups in total. The minimum atomic E-state index is -2.92. The maximum atomic E-state index is 13.5. The second-order valence-corrected chi connectivity index (χ2v) is 7.21. The van der Waals surface area contributed by atoms with Crippen molar-refractivity contribution in [3.8, 4) is 0 Å². The zero-order valence-corrected chi connectivity index (χ0v) is 14.7. The summed E-state index contributed by atoms with van der Waals surface area (Å²) >= 11 is 12.0. The molecular weight excluding hydrogens is 373 g/mol. The van der Waals surface area contributed by atoms with Gasteiger partial charge in [-0.05, 0) is 37.1 Å². The lowest BCUT2D eigenvalue weighted by Gasteiger charge is -2.36. The van der Waals surface area contributed by atoms with Gasteiger partial charge in [-0.1, -0.05) is 23.2 Å². The van der Waals surface area contributed by atoms with Crippen LogP contribution < -0.4 is 5.32 Å². The smallest absolute Gasteiger partial charge is 0.253 e. The van der Waals surface area contributed by atoms with Crippen LogP contribution >= 0.6 is 23.2 Å². The molecule has 1 aromatic carbocycles. The van der Waals surface area contributed by atoms with Gasteiger partial charge in [-0.25, -0.2) is 13.8 Å². The van der Waals surface area contributed by atoms with Crippen LogP contribution in [0, 0.1) is 0 Å². The number of alkyl halides is 2. The van der Waals surface area contributed by atoms with E-state index in [2.05, 4.69) is 10.3 Å². The first-order valence-corrected chi connectivity index (χ1v) is 8.58. The van der Waals surface area contributed by atoms with E-state index in [9.17, 15) is 18.7 Å². The Morgan fingerprint density at radius 1 is 1.24 bits per heavy atom. The molecule has 2 aromatic rings. The van der Waals surface area contributed by atoms with Crippen molar-refractivity contribution in [2.75, 3.05) is 6.54 Å². The predicted molar refractivity (Wildman–Crippen MR) is 92.5 cm³/mol. The number of amides is 1. The molecular formula is C17H16Cl2F2N2O2. The highest BCUT2D eigenvalue weighted by Gasteiger charge is 2.44. The number of fused-ring (bicyclic) bond motifs is 1. The Balaban J connectivity index is 1.82. The van der Waals surface area contributed by atoms with E-state index in [0.29, 0.717) is 10.9 Å². The molecule has 0 radical (unpaired) electrons. The van der Waals surface area contributed by atoms with Crippen LogP contribution in [0.2, 0.25) is 10.2 Å². The van der Waals surface area contributed by atoms with Gasteiger partial charge in [0.05, 0.1) is 21.7 Å². The number of carbonyl (C=O) groups is 1. The highest BCUT2D eigenvalue weighted by Crippen LogP contribution is 2.39. The van der Waals surface area contributed by atoms with Gasteiger partial charge in [0.15, 0.2) is 0 Å². The Bertz CT molecular complexity index is 832. The van der Waals surface area contributed by atoms with Crippen LogP contribution in [0.1, 0.15) is 36.0 Å². The molecule has 0 saturated heterocycles. The summed E-state index contributed by atoms with van der Waals surface area (Å²) in [6.45, 7) is -0.269. The van der Waals surface area contributed by atoms with Gasteiger partial charge < -0.3 is 10.4 Å². The first kappa shape index (κ1) is 18.3. The van der Waals surface area contributed by atoms with Crippen LogP contribution in [0.4, 0.5) is 8.78 Å². The zero-order chi connectivity index (χ0) is 18.2. The molecule has 1 heterocycles. The monoisotopic (exact) mass is 388 g/mol. The van der Waals surface area contributed by atoms with Gasteiger partial charge in [0, 0.05) is 24.8 Å². The quantitative estimate of drug-likeness (QED) is 0.774. The van der Waals surface area contributed by atoms with Crippen molar-refractivity contribution in [2.24, 2.45) is 0 Å². The first-order valence-electron chi connectivity index (χ1n) is 7.82. The summed E-state index contributed by atoms with van der Waals surface area (Å²) < 4.78 is 27.1. The topological polar surface area (TPSA) is 62.2 Å². The van der Waals surface area contributed by atoms with Gasteiger partial charge >= 0.3 is 0 Å². The lowest BCUT2D eigenvalue weighted by Crippen LogP contribution is -2.49. The Morgan fingerprint density at radius 2 is 2.00 bits per heavy atom. The summed E-state index contributed by atoms with van der Waals surface area (Å²) in [6, 6.07) is 6.31. The third-order valence-corrected chi connectivity index (χ3v) is 4.89. The number of nitrogens with zero attached hydrogens (tertiary/aromatic N) is 1. The van der Waals surface area contributed by atoms with E-state index in [1.54, 1.807) is 12.1 Å². The molecule has 1 unspecified atom stereocenters. The van der Waals surface area contributed by atoms with E-state index < -0.39 is 23.9 Å². The van der Waals surface area contributed by atoms with Gasteiger partial charge in [0.25, 0.3) is 11.8 Å². The number of nitrogens with one attached hydrogen (secondary N) is 1. The van der Waals surface area contributed by atoms with Gasteiger partial charge in [0.1, 0.15) is 5.15 Å². The summed E-state index contributed by atoms with van der Waals surface area (Å²) in [4.78, 5) is 16.7. The average molecular weight is 389 g/mol. The van der Waals surface area contributed by atoms with E-state index in [1.807, 2.05) is 0 Å². The lowest BCUT2D eigenvalue weighted by molar-refractivity contribution is -0.121. The van der Waals surface area contributed by atoms with Crippen LogP contribution in [0.3, 0.4) is 0 Å². The van der Waals surface area contributed by atoms with Crippen LogP contribution in [-0.4, -0.2) is 34.1 Å². The fraction of sp³-hybridized carbons (Fsp3) is 0.412. The number of rotatable bonds is 3. The highest BCUT2D eigenvalue weighted by molar-refractivity contribution is 6.36. The van der Waals surface area contributed by atoms with E-state index in [4.69, 9.17) is 23.2 Å². The molecule has 0 aliphatic heterocycles. The lowest BCUT2D eigenvalue weighted by atomic mass is 9.82. The molecule has 0 bridgehead atoms. The maximum Gasteiger partial charge on any atom is 0.253 e. The third kappa shape index (κ3) is 4.02. The molecule has 0 spiro atoms. The normalized spacial score (nSPS) is 22.8. The fourth-order valence-electron chi connectivity index (χ4n) is 3.20. The molecule has 3 rings (SSSR count). The number of aromatic nitrogens is 1. The second-order valence-electron chi connectivity index (χ2n) is 6.42. The fourth-order valence-corrected chi connectivity index (χ4v) is 3.61. The molecule has 8 heteroatoms. The maximum absolute atomic E-state index is 13.5. The van der Waals surface area contributed by atoms with Gasteiger partial charge in [0.2, 0.25) is 0 Å². The SMILES string of the molecule is O=C(NCC1(O)CCCC(F)(F)C1)c1c(Cl)ccc2nc(Cl)ccc12. The van der Waals surface area contributed by atoms with Crippen molar-refractivity contribution in [1.29, 1.82) is 0 Å². The highest BCUT2D eigenvalue weighted by atomic mass is 35.5. The number of halogens is 4. The van der Waals surface area contributed by atoms with Gasteiger partial charge in [-0.2, -0.15) is 0 Å². The zero-order valence-electron chi connectivity index (χ0n) is 13.2. The number of hydrogen-bond acceptors (Lipinski definition) is 3. The number of benzene rings is 1. The van der Waals surface area contributed by atoms with Crippen molar-refractivity contribution in [1.82, 2.24) is 10.3 Å². The summed E-state index contributed by atoms with van der Waals surface area (Å²) in [5.41, 5.74) is -0.963. The summed E-state index contributed by atoms with van der Waals surface area (Å²) in [6.07, 6.45) is -0.494. The Morgan fingerprint density at radius 3 is 2.72 bits per heavy atom. The number of hydrogen-bond donors (Lipinski definition) is 2. The van der Waals surface area contributed by atoms with Crippen molar-refractivity contribution in [2.45, 2.75) is 37.2 Å². The van der Waals surface area contributed by atoms with Crippen LogP contribution in [0.15, 0.2) is 24.3 Å².